The van der Waals surface area contributed by atoms with Crippen LogP contribution in [0.1, 0.15) is 17.5 Å². The lowest BCUT2D eigenvalue weighted by molar-refractivity contribution is -0.138. The van der Waals surface area contributed by atoms with Crippen LogP contribution in [0.3, 0.4) is 0 Å². The molecule has 0 aliphatic carbocycles. The molecule has 2 aliphatic rings. The van der Waals surface area contributed by atoms with Crippen LogP contribution in [0.2, 0.25) is 0 Å². The number of carbonyl (C=O) groups is 1. The van der Waals surface area contributed by atoms with E-state index >= 15 is 0 Å². The van der Waals surface area contributed by atoms with E-state index < -0.39 is 36.2 Å². The number of amides is 1. The maximum absolute atomic E-state index is 13.8. The number of hydrogen-bond donors (Lipinski definition) is 2. The van der Waals surface area contributed by atoms with E-state index in [1.807, 2.05) is 13.8 Å². The zero-order valence-corrected chi connectivity index (χ0v) is 22.5. The Bertz CT molecular complexity index is 1200. The van der Waals surface area contributed by atoms with E-state index in [2.05, 4.69) is 0 Å². The number of hydrogen-bond acceptors (Lipinski definition) is 8. The van der Waals surface area contributed by atoms with Crippen molar-refractivity contribution in [3.05, 3.63) is 59.7 Å². The standard InChI is InChI=1S/C22H27N3O6S4/c1-16-4-8-18(9-5-16)34(28,29)24-14-22(32-12-3-13-33-22)15-25(21(24)20(26)23-27)35(30,31)19-10-6-17(2)7-11-19/h4-11,21,27H,3,12-15H2,1-2H3,(H,23,26). The highest BCUT2D eigenvalue weighted by atomic mass is 32.2. The van der Waals surface area contributed by atoms with Crippen LogP contribution in [-0.2, 0) is 24.8 Å². The van der Waals surface area contributed by atoms with Crippen LogP contribution >= 0.6 is 23.5 Å². The second-order valence-corrected chi connectivity index (χ2v) is 15.5. The quantitative estimate of drug-likeness (QED) is 0.424. The Morgan fingerprint density at radius 3 is 1.63 bits per heavy atom. The van der Waals surface area contributed by atoms with Crippen LogP contribution in [0.5, 0.6) is 0 Å². The van der Waals surface area contributed by atoms with Gasteiger partial charge < -0.3 is 0 Å². The Morgan fingerprint density at radius 2 is 1.26 bits per heavy atom. The third kappa shape index (κ3) is 5.13. The molecule has 0 unspecified atom stereocenters. The average Bonchev–Trinajstić information content (AvgIpc) is 2.84. The molecule has 2 aliphatic heterocycles. The van der Waals surface area contributed by atoms with Gasteiger partial charge in [-0.25, -0.2) is 22.3 Å². The first-order chi connectivity index (χ1) is 16.5. The van der Waals surface area contributed by atoms with Gasteiger partial charge in [0.1, 0.15) is 0 Å². The summed E-state index contributed by atoms with van der Waals surface area (Å²) in [4.78, 5) is 12.8. The molecular formula is C22H27N3O6S4. The molecule has 0 radical (unpaired) electrons. The van der Waals surface area contributed by atoms with Crippen molar-refractivity contribution in [1.29, 1.82) is 0 Å². The van der Waals surface area contributed by atoms with E-state index in [0.717, 1.165) is 37.7 Å². The predicted octanol–water partition coefficient (Wildman–Crippen LogP) is 2.40. The zero-order chi connectivity index (χ0) is 25.4. The molecule has 2 N–H and O–H groups in total. The van der Waals surface area contributed by atoms with Gasteiger partial charge in [-0.1, -0.05) is 35.4 Å². The number of carbonyl (C=O) groups excluding carboxylic acids is 1. The van der Waals surface area contributed by atoms with Gasteiger partial charge in [0.25, 0.3) is 5.91 Å². The lowest BCUT2D eigenvalue weighted by atomic mass is 10.2. The van der Waals surface area contributed by atoms with Crippen molar-refractivity contribution in [1.82, 2.24) is 14.1 Å². The third-order valence-corrected chi connectivity index (χ3v) is 12.8. The van der Waals surface area contributed by atoms with Gasteiger partial charge in [0.15, 0.2) is 6.17 Å². The summed E-state index contributed by atoms with van der Waals surface area (Å²) in [6, 6.07) is 12.3. The van der Waals surface area contributed by atoms with E-state index in [1.54, 1.807) is 24.3 Å². The van der Waals surface area contributed by atoms with Crippen molar-refractivity contribution in [3.8, 4) is 0 Å². The van der Waals surface area contributed by atoms with Gasteiger partial charge in [-0.3, -0.25) is 10.0 Å². The number of hydroxylamine groups is 1. The Hall–Kier alpha value is -1.61. The number of rotatable bonds is 5. The van der Waals surface area contributed by atoms with Crippen molar-refractivity contribution in [3.63, 3.8) is 0 Å². The number of nitrogens with one attached hydrogen (secondary N) is 1. The van der Waals surface area contributed by atoms with Gasteiger partial charge in [0.2, 0.25) is 20.0 Å². The van der Waals surface area contributed by atoms with Crippen molar-refractivity contribution in [2.24, 2.45) is 0 Å². The summed E-state index contributed by atoms with van der Waals surface area (Å²) in [7, 11) is -8.62. The molecule has 2 fully saturated rings. The fourth-order valence-electron chi connectivity index (χ4n) is 4.08. The average molecular weight is 558 g/mol. The normalized spacial score (nSPS) is 20.1. The topological polar surface area (TPSA) is 124 Å². The highest BCUT2D eigenvalue weighted by Crippen LogP contribution is 2.48. The Kier molecular flexibility index (Phi) is 7.59. The van der Waals surface area contributed by atoms with Crippen molar-refractivity contribution < 1.29 is 26.8 Å². The Labute approximate surface area is 214 Å². The Morgan fingerprint density at radius 1 is 0.857 bits per heavy atom. The number of benzene rings is 2. The first-order valence-electron chi connectivity index (χ1n) is 10.9. The van der Waals surface area contributed by atoms with Gasteiger partial charge in [-0.2, -0.15) is 8.61 Å². The predicted molar refractivity (Wildman–Crippen MR) is 136 cm³/mol. The SMILES string of the molecule is Cc1ccc(S(=O)(=O)N2CC3(CN(S(=O)(=O)c4ccc(C)cc4)C2C(=O)NO)SCCCS3)cc1. The van der Waals surface area contributed by atoms with Crippen LogP contribution in [-0.4, -0.2) is 71.4 Å². The molecule has 2 heterocycles. The summed E-state index contributed by atoms with van der Waals surface area (Å²) in [5.41, 5.74) is 3.19. The van der Waals surface area contributed by atoms with Crippen LogP contribution in [0.15, 0.2) is 58.3 Å². The largest absolute Gasteiger partial charge is 0.289 e. The number of nitrogens with zero attached hydrogens (tertiary/aromatic N) is 2. The molecule has 35 heavy (non-hydrogen) atoms. The second-order valence-electron chi connectivity index (χ2n) is 8.54. The number of aryl methyl sites for hydroxylation is 2. The summed E-state index contributed by atoms with van der Waals surface area (Å²) in [5, 5.41) is 9.52. The highest BCUT2D eigenvalue weighted by Gasteiger charge is 2.55. The monoisotopic (exact) mass is 557 g/mol. The lowest BCUT2D eigenvalue weighted by Gasteiger charge is -2.50. The molecule has 2 aromatic carbocycles. The maximum Gasteiger partial charge on any atom is 0.277 e. The molecule has 1 amide bonds. The van der Waals surface area contributed by atoms with E-state index in [0.29, 0.717) is 0 Å². The molecule has 0 atom stereocenters. The van der Waals surface area contributed by atoms with Gasteiger partial charge in [0, 0.05) is 13.1 Å². The summed E-state index contributed by atoms with van der Waals surface area (Å²) in [5.74, 6) is 0.332. The molecule has 2 saturated heterocycles. The summed E-state index contributed by atoms with van der Waals surface area (Å²) in [6.07, 6.45) is -0.890. The summed E-state index contributed by atoms with van der Waals surface area (Å²) < 4.78 is 56.3. The molecular weight excluding hydrogens is 531 g/mol. The molecule has 13 heteroatoms. The minimum atomic E-state index is -4.31. The van der Waals surface area contributed by atoms with Crippen molar-refractivity contribution in [2.45, 2.75) is 40.3 Å². The molecule has 1 spiro atoms. The molecule has 2 aromatic rings. The zero-order valence-electron chi connectivity index (χ0n) is 19.2. The molecule has 0 bridgehead atoms. The van der Waals surface area contributed by atoms with E-state index in [9.17, 15) is 26.8 Å². The summed E-state index contributed by atoms with van der Waals surface area (Å²) in [6.45, 7) is 3.46. The van der Waals surface area contributed by atoms with Crippen molar-refractivity contribution in [2.75, 3.05) is 24.6 Å². The number of thioether (sulfide) groups is 2. The lowest BCUT2D eigenvalue weighted by Crippen LogP contribution is -2.69. The summed E-state index contributed by atoms with van der Waals surface area (Å²) >= 11 is 3.00. The molecule has 0 aromatic heterocycles. The fourth-order valence-corrected chi connectivity index (χ4v) is 11.0. The fraction of sp³-hybridized carbons (Fsp3) is 0.409. The molecule has 9 nitrogen and oxygen atoms in total. The molecule has 0 saturated carbocycles. The smallest absolute Gasteiger partial charge is 0.277 e. The van der Waals surface area contributed by atoms with Crippen LogP contribution in [0, 0.1) is 13.8 Å². The van der Waals surface area contributed by atoms with Crippen molar-refractivity contribution >= 4 is 49.5 Å². The Balaban J connectivity index is 1.89. The second kappa shape index (κ2) is 10.0. The van der Waals surface area contributed by atoms with E-state index in [4.69, 9.17) is 0 Å². The van der Waals surface area contributed by atoms with Gasteiger partial charge in [-0.05, 0) is 56.0 Å². The maximum atomic E-state index is 13.8. The number of sulfonamides is 2. The van der Waals surface area contributed by atoms with E-state index in [-0.39, 0.29) is 22.9 Å². The van der Waals surface area contributed by atoms with Crippen LogP contribution in [0.4, 0.5) is 0 Å². The van der Waals surface area contributed by atoms with Gasteiger partial charge >= 0.3 is 0 Å². The minimum absolute atomic E-state index is 0.0608. The van der Waals surface area contributed by atoms with Crippen LogP contribution < -0.4 is 5.48 Å². The van der Waals surface area contributed by atoms with Gasteiger partial charge in [0.05, 0.1) is 13.9 Å². The van der Waals surface area contributed by atoms with Gasteiger partial charge in [-0.15, -0.1) is 23.5 Å². The molecule has 190 valence electrons. The van der Waals surface area contributed by atoms with E-state index in [1.165, 1.54) is 53.3 Å². The third-order valence-electron chi connectivity index (χ3n) is 5.96. The first kappa shape index (κ1) is 26.5. The minimum Gasteiger partial charge on any atom is -0.289 e. The van der Waals surface area contributed by atoms with Crippen LogP contribution in [0.25, 0.3) is 0 Å². The molecule has 4 rings (SSSR count). The first-order valence-corrected chi connectivity index (χ1v) is 15.7. The highest BCUT2D eigenvalue weighted by molar-refractivity contribution is 8.19.